The van der Waals surface area contributed by atoms with Crippen molar-refractivity contribution in [2.75, 3.05) is 18.4 Å². The Hall–Kier alpha value is -3.00. The number of nitrogens with zero attached hydrogens (tertiary/aromatic N) is 3. The number of nitro benzene ring substituents is 1. The van der Waals surface area contributed by atoms with Gasteiger partial charge in [-0.15, -0.1) is 0 Å². The van der Waals surface area contributed by atoms with Crippen LogP contribution in [0, 0.1) is 16.0 Å². The summed E-state index contributed by atoms with van der Waals surface area (Å²) in [6.45, 7) is 5.04. The molecule has 0 aliphatic carbocycles. The van der Waals surface area contributed by atoms with Gasteiger partial charge in [-0.25, -0.2) is 0 Å². The van der Waals surface area contributed by atoms with Crippen LogP contribution in [0.1, 0.15) is 48.8 Å². The molecule has 3 atom stereocenters. The number of nitrogens with one attached hydrogen (secondary N) is 1. The van der Waals surface area contributed by atoms with Crippen LogP contribution in [0.25, 0.3) is 0 Å². The SMILES string of the molecule is CC1CCN(C(=O)c2ccc(NC(C)c3ccccn3)c([N+](=O)[O-])c2)C(CN)C1. The van der Waals surface area contributed by atoms with Crippen molar-refractivity contribution >= 4 is 17.3 Å². The molecule has 2 aromatic rings. The predicted octanol–water partition coefficient (Wildman–Crippen LogP) is 3.36. The van der Waals surface area contributed by atoms with E-state index in [4.69, 9.17) is 5.73 Å². The van der Waals surface area contributed by atoms with Crippen molar-refractivity contribution in [3.05, 3.63) is 64.0 Å². The largest absolute Gasteiger partial charge is 0.371 e. The van der Waals surface area contributed by atoms with Gasteiger partial charge in [0.1, 0.15) is 5.69 Å². The van der Waals surface area contributed by atoms with Gasteiger partial charge in [0.05, 0.1) is 16.7 Å². The lowest BCUT2D eigenvalue weighted by atomic mass is 9.92. The fraction of sp³-hybridized carbons (Fsp3) is 0.429. The normalized spacial score (nSPS) is 20.2. The van der Waals surface area contributed by atoms with Crippen molar-refractivity contribution in [1.29, 1.82) is 0 Å². The summed E-state index contributed by atoms with van der Waals surface area (Å²) >= 11 is 0. The molecule has 0 bridgehead atoms. The van der Waals surface area contributed by atoms with E-state index < -0.39 is 4.92 Å². The summed E-state index contributed by atoms with van der Waals surface area (Å²) in [5, 5.41) is 14.8. The lowest BCUT2D eigenvalue weighted by Gasteiger charge is -2.38. The number of anilines is 1. The van der Waals surface area contributed by atoms with Crippen molar-refractivity contribution in [2.45, 2.75) is 38.8 Å². The minimum atomic E-state index is -0.469. The summed E-state index contributed by atoms with van der Waals surface area (Å²) in [5.74, 6) is 0.307. The monoisotopic (exact) mass is 397 g/mol. The second-order valence-corrected chi connectivity index (χ2v) is 7.63. The molecule has 1 fully saturated rings. The number of rotatable bonds is 6. The highest BCUT2D eigenvalue weighted by Crippen LogP contribution is 2.30. The number of benzene rings is 1. The van der Waals surface area contributed by atoms with E-state index in [1.54, 1.807) is 23.2 Å². The van der Waals surface area contributed by atoms with Crippen LogP contribution in [0.3, 0.4) is 0 Å². The molecular weight excluding hydrogens is 370 g/mol. The van der Waals surface area contributed by atoms with Crippen molar-refractivity contribution in [2.24, 2.45) is 11.7 Å². The summed E-state index contributed by atoms with van der Waals surface area (Å²) in [5.41, 5.74) is 7.17. The molecule has 0 radical (unpaired) electrons. The fourth-order valence-electron chi connectivity index (χ4n) is 3.79. The van der Waals surface area contributed by atoms with Crippen LogP contribution in [0.5, 0.6) is 0 Å². The third-order valence-corrected chi connectivity index (χ3v) is 5.46. The molecule has 8 nitrogen and oxygen atoms in total. The van der Waals surface area contributed by atoms with E-state index >= 15 is 0 Å². The molecule has 29 heavy (non-hydrogen) atoms. The maximum atomic E-state index is 13.0. The van der Waals surface area contributed by atoms with Crippen LogP contribution in [-0.2, 0) is 0 Å². The summed E-state index contributed by atoms with van der Waals surface area (Å²) in [7, 11) is 0. The number of carbonyl (C=O) groups excluding carboxylic acids is 1. The molecule has 8 heteroatoms. The Bertz CT molecular complexity index is 874. The van der Waals surface area contributed by atoms with Crippen molar-refractivity contribution in [3.63, 3.8) is 0 Å². The van der Waals surface area contributed by atoms with Crippen LogP contribution in [0.2, 0.25) is 0 Å². The molecule has 1 aliphatic rings. The first kappa shape index (κ1) is 20.7. The van der Waals surface area contributed by atoms with E-state index in [9.17, 15) is 14.9 Å². The standard InChI is InChI=1S/C21H27N5O3/c1-14-8-10-25(17(11-14)13-22)21(27)16-6-7-19(20(12-16)26(28)29)24-15(2)18-5-3-4-9-23-18/h3-7,9,12,14-15,17,24H,8,10-11,13,22H2,1-2H3. The summed E-state index contributed by atoms with van der Waals surface area (Å²) in [4.78, 5) is 30.2. The number of pyridine rings is 1. The Labute approximate surface area is 170 Å². The zero-order valence-electron chi connectivity index (χ0n) is 16.7. The average Bonchev–Trinajstić information content (AvgIpc) is 2.73. The van der Waals surface area contributed by atoms with Gasteiger partial charge in [0, 0.05) is 37.0 Å². The Morgan fingerprint density at radius 3 is 2.86 bits per heavy atom. The predicted molar refractivity (Wildman–Crippen MR) is 112 cm³/mol. The molecule has 0 saturated carbocycles. The van der Waals surface area contributed by atoms with Gasteiger partial charge in [-0.05, 0) is 49.9 Å². The average molecular weight is 397 g/mol. The van der Waals surface area contributed by atoms with Gasteiger partial charge in [-0.3, -0.25) is 19.9 Å². The molecule has 1 amide bonds. The molecular formula is C21H27N5O3. The molecule has 3 N–H and O–H groups in total. The van der Waals surface area contributed by atoms with Gasteiger partial charge in [0.25, 0.3) is 11.6 Å². The summed E-state index contributed by atoms with van der Waals surface area (Å²) in [6.07, 6.45) is 3.44. The Kier molecular flexibility index (Phi) is 6.43. The topological polar surface area (TPSA) is 114 Å². The first-order valence-electron chi connectivity index (χ1n) is 9.87. The zero-order chi connectivity index (χ0) is 21.0. The number of piperidine rings is 1. The summed E-state index contributed by atoms with van der Waals surface area (Å²) in [6, 6.07) is 9.85. The second kappa shape index (κ2) is 9.00. The maximum Gasteiger partial charge on any atom is 0.293 e. The molecule has 1 saturated heterocycles. The number of carbonyl (C=O) groups is 1. The quantitative estimate of drug-likeness (QED) is 0.570. The smallest absolute Gasteiger partial charge is 0.293 e. The van der Waals surface area contributed by atoms with Crippen LogP contribution in [0.15, 0.2) is 42.6 Å². The van der Waals surface area contributed by atoms with E-state index in [1.807, 2.05) is 25.1 Å². The number of nitrogens with two attached hydrogens (primary N) is 1. The molecule has 1 aliphatic heterocycles. The highest BCUT2D eigenvalue weighted by Gasteiger charge is 2.30. The minimum absolute atomic E-state index is 0.0349. The number of likely N-dealkylation sites (tertiary alicyclic amines) is 1. The van der Waals surface area contributed by atoms with Gasteiger partial charge in [0.15, 0.2) is 0 Å². The van der Waals surface area contributed by atoms with Crippen molar-refractivity contribution in [3.8, 4) is 0 Å². The van der Waals surface area contributed by atoms with E-state index in [1.165, 1.54) is 6.07 Å². The molecule has 3 unspecified atom stereocenters. The Morgan fingerprint density at radius 2 is 2.21 bits per heavy atom. The van der Waals surface area contributed by atoms with E-state index in [-0.39, 0.29) is 23.7 Å². The van der Waals surface area contributed by atoms with Crippen LogP contribution in [-0.4, -0.2) is 39.8 Å². The first-order valence-corrected chi connectivity index (χ1v) is 9.87. The van der Waals surface area contributed by atoms with Gasteiger partial charge in [0.2, 0.25) is 0 Å². The first-order chi connectivity index (χ1) is 13.9. The minimum Gasteiger partial charge on any atom is -0.371 e. The molecule has 2 heterocycles. The highest BCUT2D eigenvalue weighted by molar-refractivity contribution is 5.96. The lowest BCUT2D eigenvalue weighted by Crippen LogP contribution is -2.49. The van der Waals surface area contributed by atoms with E-state index in [0.29, 0.717) is 30.3 Å². The third kappa shape index (κ3) is 4.71. The van der Waals surface area contributed by atoms with Crippen LogP contribution >= 0.6 is 0 Å². The van der Waals surface area contributed by atoms with Crippen LogP contribution < -0.4 is 11.1 Å². The zero-order valence-corrected chi connectivity index (χ0v) is 16.7. The van der Waals surface area contributed by atoms with Gasteiger partial charge >= 0.3 is 0 Å². The molecule has 154 valence electrons. The molecule has 1 aromatic carbocycles. The van der Waals surface area contributed by atoms with Crippen molar-refractivity contribution < 1.29 is 9.72 Å². The van der Waals surface area contributed by atoms with Crippen LogP contribution in [0.4, 0.5) is 11.4 Å². The molecule has 0 spiro atoms. The van der Waals surface area contributed by atoms with Gasteiger partial charge in [-0.1, -0.05) is 13.0 Å². The Morgan fingerprint density at radius 1 is 1.41 bits per heavy atom. The van der Waals surface area contributed by atoms with Gasteiger partial charge < -0.3 is 16.0 Å². The van der Waals surface area contributed by atoms with E-state index in [0.717, 1.165) is 18.5 Å². The second-order valence-electron chi connectivity index (χ2n) is 7.63. The lowest BCUT2D eigenvalue weighted by molar-refractivity contribution is -0.384. The number of nitro groups is 1. The third-order valence-electron chi connectivity index (χ3n) is 5.46. The summed E-state index contributed by atoms with van der Waals surface area (Å²) < 4.78 is 0. The van der Waals surface area contributed by atoms with E-state index in [2.05, 4.69) is 17.2 Å². The van der Waals surface area contributed by atoms with Crippen molar-refractivity contribution in [1.82, 2.24) is 9.88 Å². The fourth-order valence-corrected chi connectivity index (χ4v) is 3.79. The number of aromatic nitrogens is 1. The number of amides is 1. The molecule has 3 rings (SSSR count). The molecule has 1 aromatic heterocycles. The number of hydrogen-bond donors (Lipinski definition) is 2. The number of hydrogen-bond acceptors (Lipinski definition) is 6. The highest BCUT2D eigenvalue weighted by atomic mass is 16.6. The Balaban J connectivity index is 1.84. The maximum absolute atomic E-state index is 13.0. The van der Waals surface area contributed by atoms with Gasteiger partial charge in [-0.2, -0.15) is 0 Å².